The molecule has 0 spiro atoms. The monoisotopic (exact) mass is 244 g/mol. The largest absolute Gasteiger partial charge is 0.324 e. The van der Waals surface area contributed by atoms with Crippen LogP contribution in [0.2, 0.25) is 0 Å². The minimum absolute atomic E-state index is 0.0567. The summed E-state index contributed by atoms with van der Waals surface area (Å²) in [5, 5.41) is 0. The molecule has 1 heterocycles. The summed E-state index contributed by atoms with van der Waals surface area (Å²) in [4.78, 5) is 3.98. The molecule has 0 fully saturated rings. The number of pyridine rings is 1. The van der Waals surface area contributed by atoms with Crippen LogP contribution in [-0.2, 0) is 6.42 Å². The molecule has 18 heavy (non-hydrogen) atoms. The van der Waals surface area contributed by atoms with Gasteiger partial charge in [0.1, 0.15) is 5.82 Å². The predicted molar refractivity (Wildman–Crippen MR) is 70.6 cm³/mol. The molecule has 1 atom stereocenters. The van der Waals surface area contributed by atoms with Crippen molar-refractivity contribution >= 4 is 0 Å². The van der Waals surface area contributed by atoms with Crippen LogP contribution >= 0.6 is 0 Å². The lowest BCUT2D eigenvalue weighted by Crippen LogP contribution is -2.13. The number of aryl methyl sites for hydroxylation is 2. The maximum absolute atomic E-state index is 13.0. The number of aromatic nitrogens is 1. The zero-order valence-corrected chi connectivity index (χ0v) is 10.4. The maximum atomic E-state index is 13.0. The van der Waals surface area contributed by atoms with Gasteiger partial charge < -0.3 is 5.73 Å². The summed E-state index contributed by atoms with van der Waals surface area (Å²) >= 11 is 0. The second kappa shape index (κ2) is 5.74. The third-order valence-corrected chi connectivity index (χ3v) is 3.12. The third-order valence-electron chi connectivity index (χ3n) is 3.12. The molecule has 0 aliphatic carbocycles. The van der Waals surface area contributed by atoms with Crippen molar-refractivity contribution in [1.29, 1.82) is 0 Å². The van der Waals surface area contributed by atoms with Crippen molar-refractivity contribution in [2.24, 2.45) is 5.73 Å². The van der Waals surface area contributed by atoms with E-state index < -0.39 is 0 Å². The van der Waals surface area contributed by atoms with Gasteiger partial charge in [-0.3, -0.25) is 4.98 Å². The Balaban J connectivity index is 2.01. The van der Waals surface area contributed by atoms with E-state index in [1.54, 1.807) is 18.5 Å². The highest BCUT2D eigenvalue weighted by molar-refractivity contribution is 5.29. The van der Waals surface area contributed by atoms with Crippen molar-refractivity contribution in [3.63, 3.8) is 0 Å². The molecule has 2 aromatic rings. The van der Waals surface area contributed by atoms with Gasteiger partial charge in [0, 0.05) is 18.4 Å². The number of benzene rings is 1. The molecule has 0 amide bonds. The average Bonchev–Trinajstić information content (AvgIpc) is 2.37. The molecule has 2 N–H and O–H groups in total. The Bertz CT molecular complexity index is 511. The Morgan fingerprint density at radius 1 is 1.22 bits per heavy atom. The molecule has 0 aliphatic rings. The molecule has 0 saturated carbocycles. The van der Waals surface area contributed by atoms with Crippen LogP contribution in [0.3, 0.4) is 0 Å². The summed E-state index contributed by atoms with van der Waals surface area (Å²) in [5.41, 5.74) is 9.31. The Kier molecular flexibility index (Phi) is 4.05. The molecule has 2 nitrogen and oxygen atoms in total. The summed E-state index contributed by atoms with van der Waals surface area (Å²) in [5.74, 6) is -0.211. The molecule has 2 rings (SSSR count). The Morgan fingerprint density at radius 3 is 2.61 bits per heavy atom. The van der Waals surface area contributed by atoms with Crippen molar-refractivity contribution in [2.45, 2.75) is 25.8 Å². The van der Waals surface area contributed by atoms with Gasteiger partial charge in [0.15, 0.2) is 0 Å². The van der Waals surface area contributed by atoms with E-state index in [0.29, 0.717) is 0 Å². The van der Waals surface area contributed by atoms with E-state index >= 15 is 0 Å². The summed E-state index contributed by atoms with van der Waals surface area (Å²) in [6.45, 7) is 1.89. The lowest BCUT2D eigenvalue weighted by atomic mass is 9.96. The van der Waals surface area contributed by atoms with Crippen LogP contribution < -0.4 is 5.73 Å². The van der Waals surface area contributed by atoms with Crippen LogP contribution in [0.5, 0.6) is 0 Å². The lowest BCUT2D eigenvalue weighted by molar-refractivity contribution is 0.616. The highest BCUT2D eigenvalue weighted by Crippen LogP contribution is 2.21. The van der Waals surface area contributed by atoms with Gasteiger partial charge >= 0.3 is 0 Å². The molecule has 0 saturated heterocycles. The van der Waals surface area contributed by atoms with E-state index in [1.165, 1.54) is 17.7 Å². The Morgan fingerprint density at radius 2 is 1.94 bits per heavy atom. The van der Waals surface area contributed by atoms with Crippen LogP contribution in [0.15, 0.2) is 42.7 Å². The second-order valence-electron chi connectivity index (χ2n) is 4.50. The maximum Gasteiger partial charge on any atom is 0.123 e. The number of rotatable bonds is 4. The first-order chi connectivity index (χ1) is 8.66. The summed E-state index contributed by atoms with van der Waals surface area (Å²) in [6.07, 6.45) is 5.31. The molecule has 0 aliphatic heterocycles. The number of nitrogens with two attached hydrogens (primary N) is 1. The number of halogens is 1. The molecule has 0 radical (unpaired) electrons. The standard InChI is InChI=1S/C15H17FN2/c1-11-10-13(16)3-4-14(11)15(17)5-2-12-6-8-18-9-7-12/h3-4,6-10,15H,2,5,17H2,1H3. The van der Waals surface area contributed by atoms with Gasteiger partial charge in [-0.15, -0.1) is 0 Å². The van der Waals surface area contributed by atoms with Gasteiger partial charge in [-0.25, -0.2) is 4.39 Å². The highest BCUT2D eigenvalue weighted by atomic mass is 19.1. The molecule has 1 aromatic carbocycles. The van der Waals surface area contributed by atoms with E-state index in [2.05, 4.69) is 4.98 Å². The van der Waals surface area contributed by atoms with Gasteiger partial charge in [0.25, 0.3) is 0 Å². The summed E-state index contributed by atoms with van der Waals surface area (Å²) < 4.78 is 13.0. The zero-order valence-electron chi connectivity index (χ0n) is 10.4. The molecule has 1 aromatic heterocycles. The number of hydrogen-bond donors (Lipinski definition) is 1. The fourth-order valence-electron chi connectivity index (χ4n) is 2.08. The van der Waals surface area contributed by atoms with Crippen molar-refractivity contribution in [3.8, 4) is 0 Å². The van der Waals surface area contributed by atoms with Crippen LogP contribution in [0.25, 0.3) is 0 Å². The fraction of sp³-hybridized carbons (Fsp3) is 0.267. The van der Waals surface area contributed by atoms with Gasteiger partial charge in [-0.1, -0.05) is 6.07 Å². The Hall–Kier alpha value is -1.74. The van der Waals surface area contributed by atoms with Crippen molar-refractivity contribution in [2.75, 3.05) is 0 Å². The molecule has 0 bridgehead atoms. The highest BCUT2D eigenvalue weighted by Gasteiger charge is 2.09. The summed E-state index contributed by atoms with van der Waals surface area (Å²) in [7, 11) is 0. The van der Waals surface area contributed by atoms with E-state index in [-0.39, 0.29) is 11.9 Å². The SMILES string of the molecule is Cc1cc(F)ccc1C(N)CCc1ccncc1. The topological polar surface area (TPSA) is 38.9 Å². The molecule has 3 heteroatoms. The van der Waals surface area contributed by atoms with Crippen LogP contribution in [-0.4, -0.2) is 4.98 Å². The normalized spacial score (nSPS) is 12.4. The van der Waals surface area contributed by atoms with Gasteiger partial charge in [-0.05, 0) is 60.7 Å². The predicted octanol–water partition coefficient (Wildman–Crippen LogP) is 3.16. The van der Waals surface area contributed by atoms with Crippen molar-refractivity contribution in [3.05, 3.63) is 65.2 Å². The van der Waals surface area contributed by atoms with E-state index in [9.17, 15) is 4.39 Å². The van der Waals surface area contributed by atoms with Crippen LogP contribution in [0.1, 0.15) is 29.2 Å². The minimum atomic E-state index is -0.211. The molecule has 94 valence electrons. The van der Waals surface area contributed by atoms with Crippen molar-refractivity contribution < 1.29 is 4.39 Å². The first kappa shape index (κ1) is 12.7. The van der Waals surface area contributed by atoms with Crippen LogP contribution in [0, 0.1) is 12.7 Å². The molecule has 1 unspecified atom stereocenters. The Labute approximate surface area is 107 Å². The first-order valence-corrected chi connectivity index (χ1v) is 6.07. The molecular weight excluding hydrogens is 227 g/mol. The molecular formula is C15H17FN2. The van der Waals surface area contributed by atoms with Gasteiger partial charge in [0.2, 0.25) is 0 Å². The smallest absolute Gasteiger partial charge is 0.123 e. The zero-order chi connectivity index (χ0) is 13.0. The second-order valence-corrected chi connectivity index (χ2v) is 4.50. The summed E-state index contributed by atoms with van der Waals surface area (Å²) in [6, 6.07) is 8.70. The van der Waals surface area contributed by atoms with E-state index in [4.69, 9.17) is 5.73 Å². The average molecular weight is 244 g/mol. The number of nitrogens with zero attached hydrogens (tertiary/aromatic N) is 1. The van der Waals surface area contributed by atoms with E-state index in [1.807, 2.05) is 19.1 Å². The van der Waals surface area contributed by atoms with Crippen molar-refractivity contribution in [1.82, 2.24) is 4.98 Å². The first-order valence-electron chi connectivity index (χ1n) is 6.07. The quantitative estimate of drug-likeness (QED) is 0.897. The third kappa shape index (κ3) is 3.14. The van der Waals surface area contributed by atoms with Gasteiger partial charge in [0.05, 0.1) is 0 Å². The lowest BCUT2D eigenvalue weighted by Gasteiger charge is -2.14. The minimum Gasteiger partial charge on any atom is -0.324 e. The van der Waals surface area contributed by atoms with Gasteiger partial charge in [-0.2, -0.15) is 0 Å². The van der Waals surface area contributed by atoms with Crippen LogP contribution in [0.4, 0.5) is 4.39 Å². The van der Waals surface area contributed by atoms with E-state index in [0.717, 1.165) is 24.0 Å². The fourth-order valence-corrected chi connectivity index (χ4v) is 2.08. The number of hydrogen-bond acceptors (Lipinski definition) is 2.